The Labute approximate surface area is 170 Å². The number of aromatic nitrogens is 3. The number of fused-ring (bicyclic) bond motifs is 1. The Kier molecular flexibility index (Phi) is 4.86. The zero-order valence-electron chi connectivity index (χ0n) is 17.3. The third-order valence-electron chi connectivity index (χ3n) is 5.82. The molecule has 0 spiro atoms. The fourth-order valence-corrected chi connectivity index (χ4v) is 4.15. The highest BCUT2D eigenvalue weighted by atomic mass is 16.2. The molecule has 29 heavy (non-hydrogen) atoms. The van der Waals surface area contributed by atoms with Crippen LogP contribution in [0.25, 0.3) is 5.69 Å². The summed E-state index contributed by atoms with van der Waals surface area (Å²) in [6, 6.07) is 7.99. The van der Waals surface area contributed by atoms with E-state index in [0.29, 0.717) is 5.56 Å². The van der Waals surface area contributed by atoms with Gasteiger partial charge in [-0.15, -0.1) is 0 Å². The van der Waals surface area contributed by atoms with E-state index in [9.17, 15) is 9.59 Å². The second-order valence-electron chi connectivity index (χ2n) is 7.98. The summed E-state index contributed by atoms with van der Waals surface area (Å²) in [5.41, 5.74) is 6.94. The number of nitrogens with zero attached hydrogens (tertiary/aromatic N) is 2. The molecule has 1 aliphatic carbocycles. The van der Waals surface area contributed by atoms with Gasteiger partial charge in [0.2, 0.25) is 0 Å². The molecule has 1 unspecified atom stereocenters. The van der Waals surface area contributed by atoms with Crippen molar-refractivity contribution < 1.29 is 4.79 Å². The molecule has 2 heterocycles. The highest BCUT2D eigenvalue weighted by Gasteiger charge is 2.27. The Bertz CT molecular complexity index is 1160. The van der Waals surface area contributed by atoms with Crippen molar-refractivity contribution >= 4 is 5.91 Å². The first kappa shape index (κ1) is 19.2. The van der Waals surface area contributed by atoms with E-state index in [-0.39, 0.29) is 23.1 Å². The number of H-pyrrole nitrogens is 1. The van der Waals surface area contributed by atoms with Crippen LogP contribution in [0.5, 0.6) is 0 Å². The molecule has 0 saturated carbocycles. The molecule has 0 fully saturated rings. The molecule has 1 aromatic carbocycles. The normalized spacial score (nSPS) is 15.8. The molecule has 1 aliphatic rings. The topological polar surface area (TPSA) is 79.8 Å². The molecule has 6 nitrogen and oxygen atoms in total. The summed E-state index contributed by atoms with van der Waals surface area (Å²) in [5, 5.41) is 7.68. The van der Waals surface area contributed by atoms with Crippen molar-refractivity contribution in [3.63, 3.8) is 0 Å². The van der Waals surface area contributed by atoms with Gasteiger partial charge in [-0.2, -0.15) is 5.10 Å². The van der Waals surface area contributed by atoms with E-state index in [2.05, 4.69) is 47.4 Å². The quantitative estimate of drug-likeness (QED) is 0.717. The lowest BCUT2D eigenvalue weighted by Gasteiger charge is -2.24. The Morgan fingerprint density at radius 1 is 1.14 bits per heavy atom. The minimum Gasteiger partial charge on any atom is -0.345 e. The predicted molar refractivity (Wildman–Crippen MR) is 113 cm³/mol. The number of nitrogens with one attached hydrogen (secondary N) is 2. The zero-order valence-corrected chi connectivity index (χ0v) is 17.3. The second kappa shape index (κ2) is 7.35. The third-order valence-corrected chi connectivity index (χ3v) is 5.82. The summed E-state index contributed by atoms with van der Waals surface area (Å²) in [5.74, 6) is -0.333. The molecule has 1 amide bonds. The lowest BCUT2D eigenvalue weighted by Crippen LogP contribution is -2.35. The molecule has 3 aromatic rings. The summed E-state index contributed by atoms with van der Waals surface area (Å²) in [7, 11) is 0. The number of carbonyl (C=O) groups is 1. The van der Waals surface area contributed by atoms with E-state index in [0.717, 1.165) is 41.9 Å². The van der Waals surface area contributed by atoms with Crippen molar-refractivity contribution in [2.45, 2.75) is 53.0 Å². The Balaban J connectivity index is 1.65. The number of aryl methyl sites for hydroxylation is 4. The van der Waals surface area contributed by atoms with Crippen molar-refractivity contribution in [3.05, 3.63) is 80.0 Å². The van der Waals surface area contributed by atoms with Crippen LogP contribution in [0.3, 0.4) is 0 Å². The minimum absolute atomic E-state index is 0.147. The highest BCUT2D eigenvalue weighted by molar-refractivity contribution is 5.95. The number of hydrogen-bond acceptors (Lipinski definition) is 3. The Morgan fingerprint density at radius 3 is 2.66 bits per heavy atom. The van der Waals surface area contributed by atoms with Crippen LogP contribution in [0, 0.1) is 27.7 Å². The highest BCUT2D eigenvalue weighted by Crippen LogP contribution is 2.31. The Morgan fingerprint density at radius 2 is 1.93 bits per heavy atom. The molecule has 0 saturated heterocycles. The van der Waals surface area contributed by atoms with Gasteiger partial charge in [-0.05, 0) is 81.8 Å². The number of aromatic amines is 1. The number of benzene rings is 1. The fourth-order valence-electron chi connectivity index (χ4n) is 4.15. The molecule has 2 N–H and O–H groups in total. The van der Waals surface area contributed by atoms with Gasteiger partial charge in [0, 0.05) is 17.0 Å². The van der Waals surface area contributed by atoms with E-state index in [4.69, 9.17) is 0 Å². The summed E-state index contributed by atoms with van der Waals surface area (Å²) in [6.45, 7) is 7.79. The molecular weight excluding hydrogens is 364 g/mol. The van der Waals surface area contributed by atoms with E-state index < -0.39 is 0 Å². The van der Waals surface area contributed by atoms with Gasteiger partial charge in [-0.3, -0.25) is 9.59 Å². The number of carbonyl (C=O) groups excluding carboxylic acids is 1. The van der Waals surface area contributed by atoms with Crippen molar-refractivity contribution in [1.82, 2.24) is 20.1 Å². The largest absolute Gasteiger partial charge is 0.345 e. The maximum Gasteiger partial charge on any atom is 0.261 e. The van der Waals surface area contributed by atoms with Crippen LogP contribution in [-0.4, -0.2) is 20.7 Å². The van der Waals surface area contributed by atoms with Crippen molar-refractivity contribution in [2.75, 3.05) is 0 Å². The molecular formula is C23H26N4O2. The van der Waals surface area contributed by atoms with Crippen LogP contribution < -0.4 is 10.9 Å². The van der Waals surface area contributed by atoms with Crippen LogP contribution in [0.15, 0.2) is 35.3 Å². The lowest BCUT2D eigenvalue weighted by atomic mass is 9.92. The lowest BCUT2D eigenvalue weighted by molar-refractivity contribution is 0.0930. The summed E-state index contributed by atoms with van der Waals surface area (Å²) in [4.78, 5) is 27.9. The first-order chi connectivity index (χ1) is 13.8. The summed E-state index contributed by atoms with van der Waals surface area (Å²) < 4.78 is 1.98. The molecule has 4 rings (SSSR count). The number of amides is 1. The molecule has 6 heteroatoms. The zero-order chi connectivity index (χ0) is 20.7. The van der Waals surface area contributed by atoms with E-state index >= 15 is 0 Å². The first-order valence-electron chi connectivity index (χ1n) is 10.0. The second-order valence-corrected chi connectivity index (χ2v) is 7.98. The number of hydrogen-bond donors (Lipinski definition) is 2. The van der Waals surface area contributed by atoms with E-state index in [1.165, 1.54) is 11.1 Å². The van der Waals surface area contributed by atoms with Crippen LogP contribution >= 0.6 is 0 Å². The van der Waals surface area contributed by atoms with Crippen molar-refractivity contribution in [1.29, 1.82) is 0 Å². The van der Waals surface area contributed by atoms with Gasteiger partial charge in [0.1, 0.15) is 5.56 Å². The number of pyridine rings is 1. The monoisotopic (exact) mass is 390 g/mol. The molecule has 2 aromatic heterocycles. The molecule has 1 atom stereocenters. The van der Waals surface area contributed by atoms with E-state index in [1.807, 2.05) is 23.9 Å². The molecule has 0 bridgehead atoms. The average molecular weight is 390 g/mol. The van der Waals surface area contributed by atoms with Crippen LogP contribution in [0.2, 0.25) is 0 Å². The smallest absolute Gasteiger partial charge is 0.261 e. The average Bonchev–Trinajstić information content (AvgIpc) is 3.08. The molecule has 150 valence electrons. The number of rotatable bonds is 3. The van der Waals surface area contributed by atoms with Crippen LogP contribution in [0.1, 0.15) is 62.9 Å². The predicted octanol–water partition coefficient (Wildman–Crippen LogP) is 3.60. The molecule has 0 aliphatic heterocycles. The molecule has 0 radical (unpaired) electrons. The third kappa shape index (κ3) is 3.50. The fraction of sp³-hybridized carbons (Fsp3) is 0.348. The summed E-state index contributed by atoms with van der Waals surface area (Å²) in [6.07, 6.45) is 4.55. The van der Waals surface area contributed by atoms with Gasteiger partial charge in [0.25, 0.3) is 11.5 Å². The first-order valence-corrected chi connectivity index (χ1v) is 10.0. The minimum atomic E-state index is -0.346. The standard InChI is InChI=1S/C23H26N4O2/c1-13-8-9-17(11-14(13)2)27-20-7-5-6-19(18(20)12-24-27)26-23(29)21-15(3)10-16(4)25-22(21)28/h8-12,19H,5-7H2,1-4H3,(H,25,28)(H,26,29). The van der Waals surface area contributed by atoms with Gasteiger partial charge in [-0.1, -0.05) is 6.07 Å². The van der Waals surface area contributed by atoms with E-state index in [1.54, 1.807) is 6.92 Å². The maximum atomic E-state index is 12.9. The van der Waals surface area contributed by atoms with Gasteiger partial charge in [-0.25, -0.2) is 4.68 Å². The van der Waals surface area contributed by atoms with Crippen molar-refractivity contribution in [2.24, 2.45) is 0 Å². The van der Waals surface area contributed by atoms with Gasteiger partial charge < -0.3 is 10.3 Å². The Hall–Kier alpha value is -3.15. The SMILES string of the molecule is Cc1cc(C)c(C(=O)NC2CCCc3c2cnn3-c2ccc(C)c(C)c2)c(=O)[nH]1. The van der Waals surface area contributed by atoms with Gasteiger partial charge in [0.15, 0.2) is 0 Å². The van der Waals surface area contributed by atoms with Crippen LogP contribution in [-0.2, 0) is 6.42 Å². The van der Waals surface area contributed by atoms with Gasteiger partial charge in [0.05, 0.1) is 17.9 Å². The maximum absolute atomic E-state index is 12.9. The summed E-state index contributed by atoms with van der Waals surface area (Å²) >= 11 is 0. The van der Waals surface area contributed by atoms with Crippen molar-refractivity contribution in [3.8, 4) is 5.69 Å². The van der Waals surface area contributed by atoms with Gasteiger partial charge >= 0.3 is 0 Å². The van der Waals surface area contributed by atoms with Crippen LogP contribution in [0.4, 0.5) is 0 Å².